The van der Waals surface area contributed by atoms with E-state index in [0.717, 1.165) is 29.8 Å². The van der Waals surface area contributed by atoms with Crippen LogP contribution in [0.15, 0.2) is 28.7 Å². The van der Waals surface area contributed by atoms with Crippen LogP contribution in [-0.2, 0) is 13.0 Å². The molecule has 2 saturated carbocycles. The third kappa shape index (κ3) is 3.66. The minimum atomic E-state index is 0.676. The van der Waals surface area contributed by atoms with Crippen molar-refractivity contribution < 1.29 is 0 Å². The van der Waals surface area contributed by atoms with Gasteiger partial charge in [-0.1, -0.05) is 28.1 Å². The standard InChI is InChI=1S/C18H23BrN4/c1-22(11-10-13-2-6-15(19)7-3-13)12-17-20-21-18(14-4-5-14)23(17)16-8-9-16/h2-3,6-7,14,16H,4-5,8-12H2,1H3. The van der Waals surface area contributed by atoms with Gasteiger partial charge in [0.25, 0.3) is 0 Å². The second-order valence-electron chi connectivity index (χ2n) is 6.96. The van der Waals surface area contributed by atoms with Crippen LogP contribution in [0, 0.1) is 0 Å². The summed E-state index contributed by atoms with van der Waals surface area (Å²) in [6, 6.07) is 9.28. The van der Waals surface area contributed by atoms with Crippen LogP contribution >= 0.6 is 15.9 Å². The summed E-state index contributed by atoms with van der Waals surface area (Å²) in [4.78, 5) is 2.36. The smallest absolute Gasteiger partial charge is 0.147 e. The molecule has 0 bridgehead atoms. The van der Waals surface area contributed by atoms with Crippen LogP contribution in [0.3, 0.4) is 0 Å². The van der Waals surface area contributed by atoms with Crippen molar-refractivity contribution >= 4 is 15.9 Å². The summed E-state index contributed by atoms with van der Waals surface area (Å²) < 4.78 is 3.59. The maximum Gasteiger partial charge on any atom is 0.147 e. The predicted octanol–water partition coefficient (Wildman–Crippen LogP) is 3.93. The Bertz CT molecular complexity index is 671. The molecule has 1 aromatic heterocycles. The number of aromatic nitrogens is 3. The third-order valence-electron chi connectivity index (χ3n) is 4.75. The van der Waals surface area contributed by atoms with Crippen molar-refractivity contribution in [2.24, 2.45) is 0 Å². The molecule has 0 atom stereocenters. The van der Waals surface area contributed by atoms with Crippen molar-refractivity contribution in [3.8, 4) is 0 Å². The Kier molecular flexibility index (Phi) is 4.24. The minimum Gasteiger partial charge on any atom is -0.311 e. The molecule has 1 heterocycles. The number of hydrogen-bond acceptors (Lipinski definition) is 3. The first-order valence-corrected chi connectivity index (χ1v) is 9.36. The molecule has 0 unspecified atom stereocenters. The van der Waals surface area contributed by atoms with Gasteiger partial charge in [0.15, 0.2) is 0 Å². The lowest BCUT2D eigenvalue weighted by Gasteiger charge is -2.17. The SMILES string of the molecule is CN(CCc1ccc(Br)cc1)Cc1nnc(C2CC2)n1C1CC1. The molecular weight excluding hydrogens is 352 g/mol. The number of nitrogens with zero attached hydrogens (tertiary/aromatic N) is 4. The van der Waals surface area contributed by atoms with Crippen molar-refractivity contribution in [2.75, 3.05) is 13.6 Å². The zero-order valence-corrected chi connectivity index (χ0v) is 15.2. The highest BCUT2D eigenvalue weighted by atomic mass is 79.9. The highest BCUT2D eigenvalue weighted by Crippen LogP contribution is 2.44. The van der Waals surface area contributed by atoms with Gasteiger partial charge < -0.3 is 4.57 Å². The third-order valence-corrected chi connectivity index (χ3v) is 5.28. The highest BCUT2D eigenvalue weighted by Gasteiger charge is 2.36. The maximum atomic E-state index is 4.51. The van der Waals surface area contributed by atoms with Crippen LogP contribution in [-0.4, -0.2) is 33.3 Å². The van der Waals surface area contributed by atoms with Crippen LogP contribution in [0.4, 0.5) is 0 Å². The van der Waals surface area contributed by atoms with E-state index >= 15 is 0 Å². The van der Waals surface area contributed by atoms with Crippen LogP contribution in [0.25, 0.3) is 0 Å². The van der Waals surface area contributed by atoms with Gasteiger partial charge in [-0.3, -0.25) is 4.90 Å². The average molecular weight is 375 g/mol. The molecular formula is C18H23BrN4. The van der Waals surface area contributed by atoms with Crippen molar-refractivity contribution in [3.63, 3.8) is 0 Å². The topological polar surface area (TPSA) is 34.0 Å². The number of benzene rings is 1. The van der Waals surface area contributed by atoms with Gasteiger partial charge in [-0.15, -0.1) is 10.2 Å². The Hall–Kier alpha value is -1.20. The predicted molar refractivity (Wildman–Crippen MR) is 94.4 cm³/mol. The Labute approximate surface area is 146 Å². The van der Waals surface area contributed by atoms with Crippen LogP contribution in [0.1, 0.15) is 54.9 Å². The highest BCUT2D eigenvalue weighted by molar-refractivity contribution is 9.10. The van der Waals surface area contributed by atoms with Crippen LogP contribution < -0.4 is 0 Å². The molecule has 23 heavy (non-hydrogen) atoms. The molecule has 4 nitrogen and oxygen atoms in total. The quantitative estimate of drug-likeness (QED) is 0.736. The van der Waals surface area contributed by atoms with Gasteiger partial charge >= 0.3 is 0 Å². The van der Waals surface area contributed by atoms with Gasteiger partial charge in [0, 0.05) is 23.0 Å². The van der Waals surface area contributed by atoms with Crippen molar-refractivity contribution in [3.05, 3.63) is 46.0 Å². The van der Waals surface area contributed by atoms with Gasteiger partial charge in [-0.05, 0) is 56.8 Å². The first kappa shape index (κ1) is 15.3. The molecule has 5 heteroatoms. The Morgan fingerprint density at radius 2 is 1.87 bits per heavy atom. The Balaban J connectivity index is 1.38. The molecule has 0 N–H and O–H groups in total. The molecule has 2 aromatic rings. The molecule has 2 fully saturated rings. The van der Waals surface area contributed by atoms with Gasteiger partial charge in [0.2, 0.25) is 0 Å². The number of hydrogen-bond donors (Lipinski definition) is 0. The lowest BCUT2D eigenvalue weighted by molar-refractivity contribution is 0.315. The molecule has 122 valence electrons. The first-order chi connectivity index (χ1) is 11.2. The molecule has 1 aromatic carbocycles. The molecule has 0 saturated heterocycles. The van der Waals surface area contributed by atoms with E-state index < -0.39 is 0 Å². The molecule has 0 amide bonds. The average Bonchev–Trinajstić information content (AvgIpc) is 3.46. The fourth-order valence-electron chi connectivity index (χ4n) is 3.09. The van der Waals surface area contributed by atoms with Crippen molar-refractivity contribution in [1.82, 2.24) is 19.7 Å². The van der Waals surface area contributed by atoms with Gasteiger partial charge in [0.05, 0.1) is 6.54 Å². The summed E-state index contributed by atoms with van der Waals surface area (Å²) in [7, 11) is 2.18. The molecule has 0 spiro atoms. The van der Waals surface area contributed by atoms with Crippen LogP contribution in [0.2, 0.25) is 0 Å². The van der Waals surface area contributed by atoms with Crippen molar-refractivity contribution in [2.45, 2.75) is 50.6 Å². The summed E-state index contributed by atoms with van der Waals surface area (Å²) in [5.41, 5.74) is 1.38. The van der Waals surface area contributed by atoms with E-state index in [4.69, 9.17) is 0 Å². The van der Waals surface area contributed by atoms with Gasteiger partial charge in [0.1, 0.15) is 11.6 Å². The summed E-state index contributed by atoms with van der Waals surface area (Å²) in [6.07, 6.45) is 6.26. The normalized spacial score (nSPS) is 17.9. The lowest BCUT2D eigenvalue weighted by atomic mass is 10.1. The summed E-state index contributed by atoms with van der Waals surface area (Å²) >= 11 is 3.49. The number of likely N-dealkylation sites (N-methyl/N-ethyl adjacent to an activating group) is 1. The van der Waals surface area contributed by atoms with E-state index in [1.807, 2.05) is 0 Å². The second-order valence-corrected chi connectivity index (χ2v) is 7.88. The molecule has 2 aliphatic carbocycles. The van der Waals surface area contributed by atoms with E-state index in [-0.39, 0.29) is 0 Å². The maximum absolute atomic E-state index is 4.51. The summed E-state index contributed by atoms with van der Waals surface area (Å²) in [5, 5.41) is 9.01. The Morgan fingerprint density at radius 3 is 2.52 bits per heavy atom. The van der Waals surface area contributed by atoms with Gasteiger partial charge in [-0.2, -0.15) is 0 Å². The van der Waals surface area contributed by atoms with E-state index in [2.05, 4.69) is 66.9 Å². The van der Waals surface area contributed by atoms with E-state index in [0.29, 0.717) is 12.0 Å². The Morgan fingerprint density at radius 1 is 1.13 bits per heavy atom. The van der Waals surface area contributed by atoms with Crippen LogP contribution in [0.5, 0.6) is 0 Å². The number of halogens is 1. The van der Waals surface area contributed by atoms with Gasteiger partial charge in [-0.25, -0.2) is 0 Å². The van der Waals surface area contributed by atoms with E-state index in [1.54, 1.807) is 0 Å². The molecule has 0 aliphatic heterocycles. The molecule has 2 aliphatic rings. The minimum absolute atomic E-state index is 0.676. The largest absolute Gasteiger partial charge is 0.311 e. The number of rotatable bonds is 7. The fraction of sp³-hybridized carbons (Fsp3) is 0.556. The second kappa shape index (κ2) is 6.36. The zero-order valence-electron chi connectivity index (χ0n) is 13.6. The monoisotopic (exact) mass is 374 g/mol. The molecule has 4 rings (SSSR count). The first-order valence-electron chi connectivity index (χ1n) is 8.57. The zero-order chi connectivity index (χ0) is 15.8. The molecule has 0 radical (unpaired) electrons. The summed E-state index contributed by atoms with van der Waals surface area (Å²) in [5.74, 6) is 3.10. The van der Waals surface area contributed by atoms with Crippen molar-refractivity contribution in [1.29, 1.82) is 0 Å². The summed E-state index contributed by atoms with van der Waals surface area (Å²) in [6.45, 7) is 1.94. The fourth-order valence-corrected chi connectivity index (χ4v) is 3.35. The van der Waals surface area contributed by atoms with E-state index in [1.165, 1.54) is 37.1 Å². The van der Waals surface area contributed by atoms with E-state index in [9.17, 15) is 0 Å². The lowest BCUT2D eigenvalue weighted by Crippen LogP contribution is -2.23.